The van der Waals surface area contributed by atoms with Crippen LogP contribution in [-0.4, -0.2) is 82.6 Å². The number of carboxylic acid groups (broad SMARTS) is 2. The number of hydrogen-bond donors (Lipinski definition) is 5. The van der Waals surface area contributed by atoms with Crippen molar-refractivity contribution in [2.75, 3.05) is 11.5 Å². The number of fused-ring (bicyclic) bond motifs is 1. The van der Waals surface area contributed by atoms with Crippen LogP contribution in [0.25, 0.3) is 0 Å². The SMILES string of the molecule is CC(C)(O/N=C(\C(=O)N[C@@H]1C(=O)N2C(C(=O)O)=C(C[n+]3ccc(C(N)=O)cc3)CS[C@@H]12)c1nsc(N)n1)C(=O)O. The quantitative estimate of drug-likeness (QED) is 0.0920. The molecule has 7 N–H and O–H groups in total. The number of nitrogens with two attached hydrogens (primary N) is 2. The van der Waals surface area contributed by atoms with Gasteiger partial charge in [0, 0.05) is 35.0 Å². The number of hydrogen-bond acceptors (Lipinski definition) is 12. The number of thioether (sulfide) groups is 1. The van der Waals surface area contributed by atoms with Gasteiger partial charge in [0.25, 0.3) is 11.8 Å². The number of aromatic nitrogens is 3. The van der Waals surface area contributed by atoms with Crippen molar-refractivity contribution in [2.24, 2.45) is 10.9 Å². The number of carbonyl (C=O) groups excluding carboxylic acids is 3. The molecule has 2 aliphatic rings. The average Bonchev–Trinajstić information content (AvgIpc) is 3.32. The van der Waals surface area contributed by atoms with E-state index in [0.29, 0.717) is 5.57 Å². The van der Waals surface area contributed by atoms with Gasteiger partial charge in [-0.15, -0.1) is 11.8 Å². The number of oxime groups is 1. The molecule has 4 heterocycles. The number of nitrogen functional groups attached to an aromatic ring is 1. The summed E-state index contributed by atoms with van der Waals surface area (Å²) in [6, 6.07) is 1.87. The van der Waals surface area contributed by atoms with Gasteiger partial charge in [0.05, 0.1) is 5.56 Å². The van der Waals surface area contributed by atoms with Crippen molar-refractivity contribution in [3.8, 4) is 0 Å². The lowest BCUT2D eigenvalue weighted by Gasteiger charge is -2.49. The molecule has 2 aromatic rings. The fourth-order valence-corrected chi connectivity index (χ4v) is 5.45. The molecule has 1 saturated heterocycles. The maximum Gasteiger partial charge on any atom is 0.352 e. The van der Waals surface area contributed by atoms with Gasteiger partial charge in [-0.05, 0) is 13.8 Å². The molecule has 16 nitrogen and oxygen atoms in total. The first kappa shape index (κ1) is 28.4. The maximum absolute atomic E-state index is 13.1. The number of nitrogens with zero attached hydrogens (tertiary/aromatic N) is 5. The number of β-lactam (4-membered cyclic amide) rings is 1. The first-order chi connectivity index (χ1) is 18.8. The summed E-state index contributed by atoms with van der Waals surface area (Å²) < 4.78 is 5.55. The van der Waals surface area contributed by atoms with E-state index in [-0.39, 0.29) is 34.5 Å². The lowest BCUT2D eigenvalue weighted by Crippen LogP contribution is -2.71. The molecule has 2 aromatic heterocycles. The first-order valence-corrected chi connectivity index (χ1v) is 13.2. The minimum Gasteiger partial charge on any atom is -0.478 e. The van der Waals surface area contributed by atoms with Crippen molar-refractivity contribution < 1.29 is 43.6 Å². The van der Waals surface area contributed by atoms with Crippen LogP contribution >= 0.6 is 23.3 Å². The molecule has 210 valence electrons. The van der Waals surface area contributed by atoms with Crippen LogP contribution in [0, 0.1) is 0 Å². The molecule has 4 rings (SSSR count). The van der Waals surface area contributed by atoms with E-state index in [1.54, 1.807) is 17.0 Å². The van der Waals surface area contributed by atoms with Gasteiger partial charge in [0.15, 0.2) is 24.1 Å². The minimum absolute atomic E-state index is 0.00706. The van der Waals surface area contributed by atoms with Crippen molar-refractivity contribution in [1.29, 1.82) is 0 Å². The number of rotatable bonds is 10. The Morgan fingerprint density at radius 1 is 1.27 bits per heavy atom. The Morgan fingerprint density at radius 3 is 2.50 bits per heavy atom. The molecule has 3 amide bonds. The molecule has 0 aromatic carbocycles. The number of carbonyl (C=O) groups is 5. The number of amides is 3. The molecule has 1 fully saturated rings. The van der Waals surface area contributed by atoms with Crippen molar-refractivity contribution in [3.63, 3.8) is 0 Å². The summed E-state index contributed by atoms with van der Waals surface area (Å²) in [4.78, 5) is 71.1. The Balaban J connectivity index is 1.54. The van der Waals surface area contributed by atoms with Gasteiger partial charge in [0.1, 0.15) is 17.1 Å². The van der Waals surface area contributed by atoms with Crippen LogP contribution in [-0.2, 0) is 30.6 Å². The molecule has 0 saturated carbocycles. The molecule has 0 unspecified atom stereocenters. The molecule has 18 heteroatoms. The highest BCUT2D eigenvalue weighted by atomic mass is 32.2. The number of anilines is 1. The number of pyridine rings is 1. The van der Waals surface area contributed by atoms with Crippen molar-refractivity contribution >= 4 is 63.8 Å². The monoisotopic (exact) mass is 591 g/mol. The Labute approximate surface area is 233 Å². The topological polar surface area (TPSA) is 244 Å². The highest BCUT2D eigenvalue weighted by molar-refractivity contribution is 8.00. The maximum atomic E-state index is 13.1. The molecule has 2 atom stereocenters. The van der Waals surface area contributed by atoms with E-state index in [1.165, 1.54) is 37.7 Å². The zero-order valence-corrected chi connectivity index (χ0v) is 22.6. The predicted octanol–water partition coefficient (Wildman–Crippen LogP) is -1.47. The fourth-order valence-electron chi connectivity index (χ4n) is 3.68. The number of nitrogens with one attached hydrogen (secondary N) is 1. The summed E-state index contributed by atoms with van der Waals surface area (Å²) in [5, 5.41) is 24.6. The van der Waals surface area contributed by atoms with E-state index in [0.717, 1.165) is 16.4 Å². The zero-order valence-electron chi connectivity index (χ0n) is 20.9. The Hall–Kier alpha value is -4.58. The van der Waals surface area contributed by atoms with Crippen LogP contribution in [0.1, 0.15) is 30.0 Å². The molecule has 0 spiro atoms. The summed E-state index contributed by atoms with van der Waals surface area (Å²) in [7, 11) is 0. The van der Waals surface area contributed by atoms with E-state index in [2.05, 4.69) is 19.8 Å². The van der Waals surface area contributed by atoms with Gasteiger partial charge in [-0.3, -0.25) is 19.3 Å². The molecular weight excluding hydrogens is 568 g/mol. The molecule has 0 radical (unpaired) electrons. The van der Waals surface area contributed by atoms with Crippen molar-refractivity contribution in [3.05, 3.63) is 47.2 Å². The van der Waals surface area contributed by atoms with E-state index >= 15 is 0 Å². The van der Waals surface area contributed by atoms with Gasteiger partial charge < -0.3 is 31.8 Å². The normalized spacial score (nSPS) is 19.0. The Morgan fingerprint density at radius 2 is 1.95 bits per heavy atom. The number of aliphatic carboxylic acids is 2. The van der Waals surface area contributed by atoms with E-state index < -0.39 is 52.4 Å². The van der Waals surface area contributed by atoms with Crippen LogP contribution in [0.2, 0.25) is 0 Å². The largest absolute Gasteiger partial charge is 0.478 e. The third-order valence-corrected chi connectivity index (χ3v) is 7.72. The highest BCUT2D eigenvalue weighted by Crippen LogP contribution is 2.40. The molecule has 0 aliphatic carbocycles. The fraction of sp³-hybridized carbons (Fsp3) is 0.318. The van der Waals surface area contributed by atoms with Crippen LogP contribution in [0.4, 0.5) is 5.13 Å². The van der Waals surface area contributed by atoms with E-state index in [1.807, 2.05) is 0 Å². The second kappa shape index (κ2) is 10.9. The lowest BCUT2D eigenvalue weighted by molar-refractivity contribution is -0.689. The van der Waals surface area contributed by atoms with Crippen LogP contribution in [0.3, 0.4) is 0 Å². The minimum atomic E-state index is -1.80. The standard InChI is InChI=1S/C22H22N8O8S2/c1-22(2,20(36)37)38-27-11(15-26-21(24)40-28-15)16(32)25-12-17(33)30-13(19(34)35)10(8-39-18(12)30)7-29-5-3-9(4-6-29)14(23)31/h3-6,12,18H,7-8H2,1-2H3,(H6-,23,24,25,26,28,31,32,34,35,36,37)/p+1/b27-11-/t12-,18+/m1/s1. The number of primary amides is 1. The second-order valence-corrected chi connectivity index (χ2v) is 10.9. The summed E-state index contributed by atoms with van der Waals surface area (Å²) in [6.45, 7) is 2.56. The first-order valence-electron chi connectivity index (χ1n) is 11.4. The van der Waals surface area contributed by atoms with Gasteiger partial charge in [-0.25, -0.2) is 14.2 Å². The summed E-state index contributed by atoms with van der Waals surface area (Å²) in [5.41, 5.74) is 9.06. The van der Waals surface area contributed by atoms with E-state index in [4.69, 9.17) is 16.3 Å². The Bertz CT molecular complexity index is 1470. The lowest BCUT2D eigenvalue weighted by atomic mass is 10.0. The number of carboxylic acids is 2. The second-order valence-electron chi connectivity index (χ2n) is 9.04. The zero-order chi connectivity index (χ0) is 29.4. The van der Waals surface area contributed by atoms with Gasteiger partial charge in [-0.1, -0.05) is 5.16 Å². The van der Waals surface area contributed by atoms with Crippen molar-refractivity contribution in [1.82, 2.24) is 19.6 Å². The van der Waals surface area contributed by atoms with Crippen molar-refractivity contribution in [2.45, 2.75) is 37.4 Å². The smallest absolute Gasteiger partial charge is 0.352 e. The molecule has 2 aliphatic heterocycles. The van der Waals surface area contributed by atoms with Gasteiger partial charge in [0.2, 0.25) is 23.0 Å². The highest BCUT2D eigenvalue weighted by Gasteiger charge is 2.55. The van der Waals surface area contributed by atoms with Crippen LogP contribution in [0.15, 0.2) is 41.0 Å². The summed E-state index contributed by atoms with van der Waals surface area (Å²) >= 11 is 2.00. The van der Waals surface area contributed by atoms with Gasteiger partial charge in [-0.2, -0.15) is 9.36 Å². The summed E-state index contributed by atoms with van der Waals surface area (Å²) in [6.07, 6.45) is 3.14. The van der Waals surface area contributed by atoms with Crippen LogP contribution < -0.4 is 21.4 Å². The molecular formula is C22H23N8O8S2+. The predicted molar refractivity (Wildman–Crippen MR) is 138 cm³/mol. The Kier molecular flexibility index (Phi) is 7.74. The third kappa shape index (κ3) is 5.57. The van der Waals surface area contributed by atoms with Gasteiger partial charge >= 0.3 is 11.9 Å². The van der Waals surface area contributed by atoms with E-state index in [9.17, 15) is 34.2 Å². The molecule has 0 bridgehead atoms. The third-order valence-electron chi connectivity index (χ3n) is 5.83. The van der Waals surface area contributed by atoms with Crippen LogP contribution in [0.5, 0.6) is 0 Å². The average molecular weight is 592 g/mol. The molecule has 40 heavy (non-hydrogen) atoms. The summed E-state index contributed by atoms with van der Waals surface area (Å²) in [5.74, 6) is -4.91.